The number of nitrogens with one attached hydrogen (secondary N) is 1. The highest BCUT2D eigenvalue weighted by atomic mass is 16.2. The minimum Gasteiger partial charge on any atom is -0.340 e. The topological polar surface area (TPSA) is 75.9 Å². The summed E-state index contributed by atoms with van der Waals surface area (Å²) in [4.78, 5) is 13.8. The lowest BCUT2D eigenvalue weighted by Gasteiger charge is -2.32. The lowest BCUT2D eigenvalue weighted by Crippen LogP contribution is -2.47. The number of likely N-dealkylation sites (tertiary alicyclic amines) is 1. The standard InChI is InChI=1S/C9H16N6O/c1-10-8-3-2-4-14(5-8)9(16)6-15-7-11-12-13-15/h7-8,10H,2-6H2,1H3. The predicted octanol–water partition coefficient (Wildman–Crippen LogP) is -1.12. The van der Waals surface area contributed by atoms with Gasteiger partial charge in [0.1, 0.15) is 12.9 Å². The normalized spacial score (nSPS) is 21.1. The Morgan fingerprint density at radius 3 is 3.19 bits per heavy atom. The Morgan fingerprint density at radius 2 is 2.50 bits per heavy atom. The van der Waals surface area contributed by atoms with Gasteiger partial charge in [-0.1, -0.05) is 0 Å². The zero-order valence-electron chi connectivity index (χ0n) is 9.33. The molecule has 1 aromatic heterocycles. The summed E-state index contributed by atoms with van der Waals surface area (Å²) in [6.45, 7) is 1.83. The zero-order valence-corrected chi connectivity index (χ0v) is 9.33. The average molecular weight is 224 g/mol. The number of aromatic nitrogens is 4. The number of nitrogens with zero attached hydrogens (tertiary/aromatic N) is 5. The molecular formula is C9H16N6O. The van der Waals surface area contributed by atoms with E-state index in [2.05, 4.69) is 20.8 Å². The van der Waals surface area contributed by atoms with Gasteiger partial charge in [0.15, 0.2) is 0 Å². The van der Waals surface area contributed by atoms with Crippen LogP contribution in [-0.2, 0) is 11.3 Å². The molecule has 1 aromatic rings. The molecule has 88 valence electrons. The molecule has 2 heterocycles. The number of piperidine rings is 1. The number of hydrogen-bond acceptors (Lipinski definition) is 5. The Morgan fingerprint density at radius 1 is 1.62 bits per heavy atom. The monoisotopic (exact) mass is 224 g/mol. The lowest BCUT2D eigenvalue weighted by molar-refractivity contribution is -0.133. The first kappa shape index (κ1) is 11.0. The van der Waals surface area contributed by atoms with Crippen LogP contribution in [0.3, 0.4) is 0 Å². The van der Waals surface area contributed by atoms with E-state index in [1.165, 1.54) is 11.0 Å². The minimum atomic E-state index is 0.0762. The summed E-state index contributed by atoms with van der Waals surface area (Å²) in [6, 6.07) is 0.409. The molecule has 0 spiro atoms. The fraction of sp³-hybridized carbons (Fsp3) is 0.778. The van der Waals surface area contributed by atoms with E-state index in [9.17, 15) is 4.79 Å². The Bertz CT molecular complexity index is 338. The molecule has 1 aliphatic rings. The Kier molecular flexibility index (Phi) is 3.45. The van der Waals surface area contributed by atoms with E-state index >= 15 is 0 Å². The molecule has 0 radical (unpaired) electrons. The van der Waals surface area contributed by atoms with Gasteiger partial charge in [0, 0.05) is 19.1 Å². The first-order valence-electron chi connectivity index (χ1n) is 5.45. The van der Waals surface area contributed by atoms with Crippen molar-refractivity contribution < 1.29 is 4.79 Å². The van der Waals surface area contributed by atoms with Crippen LogP contribution >= 0.6 is 0 Å². The summed E-state index contributed by atoms with van der Waals surface area (Å²) in [5.74, 6) is 0.0762. The van der Waals surface area contributed by atoms with E-state index < -0.39 is 0 Å². The second kappa shape index (κ2) is 5.02. The van der Waals surface area contributed by atoms with Gasteiger partial charge in [-0.3, -0.25) is 4.79 Å². The third-order valence-corrected chi connectivity index (χ3v) is 2.87. The summed E-state index contributed by atoms with van der Waals surface area (Å²) >= 11 is 0. The maximum atomic E-state index is 11.9. The van der Waals surface area contributed by atoms with Crippen molar-refractivity contribution in [2.24, 2.45) is 0 Å². The molecule has 2 rings (SSSR count). The highest BCUT2D eigenvalue weighted by molar-refractivity contribution is 5.76. The molecule has 0 aliphatic carbocycles. The van der Waals surface area contributed by atoms with Gasteiger partial charge in [-0.25, -0.2) is 4.68 Å². The third kappa shape index (κ3) is 2.54. The number of amides is 1. The van der Waals surface area contributed by atoms with Crippen LogP contribution in [0, 0.1) is 0 Å². The molecule has 1 amide bonds. The van der Waals surface area contributed by atoms with Crippen molar-refractivity contribution >= 4 is 5.91 Å². The molecule has 1 fully saturated rings. The highest BCUT2D eigenvalue weighted by Crippen LogP contribution is 2.10. The lowest BCUT2D eigenvalue weighted by atomic mass is 10.1. The molecular weight excluding hydrogens is 208 g/mol. The van der Waals surface area contributed by atoms with Crippen LogP contribution < -0.4 is 5.32 Å². The molecule has 1 N–H and O–H groups in total. The van der Waals surface area contributed by atoms with Crippen LogP contribution in [0.5, 0.6) is 0 Å². The molecule has 0 bridgehead atoms. The van der Waals surface area contributed by atoms with Gasteiger partial charge in [-0.05, 0) is 30.3 Å². The van der Waals surface area contributed by atoms with E-state index in [1.54, 1.807) is 0 Å². The van der Waals surface area contributed by atoms with Gasteiger partial charge in [-0.15, -0.1) is 5.10 Å². The smallest absolute Gasteiger partial charge is 0.244 e. The number of hydrogen-bond donors (Lipinski definition) is 1. The van der Waals surface area contributed by atoms with Gasteiger partial charge in [-0.2, -0.15) is 0 Å². The summed E-state index contributed by atoms with van der Waals surface area (Å²) in [7, 11) is 1.93. The molecule has 1 saturated heterocycles. The minimum absolute atomic E-state index is 0.0762. The maximum Gasteiger partial charge on any atom is 0.244 e. The fourth-order valence-electron chi connectivity index (χ4n) is 1.93. The van der Waals surface area contributed by atoms with Crippen LogP contribution in [0.15, 0.2) is 6.33 Å². The summed E-state index contributed by atoms with van der Waals surface area (Å²) in [5.41, 5.74) is 0. The van der Waals surface area contributed by atoms with E-state index in [4.69, 9.17) is 0 Å². The van der Waals surface area contributed by atoms with Crippen molar-refractivity contribution in [2.45, 2.75) is 25.4 Å². The largest absolute Gasteiger partial charge is 0.340 e. The van der Waals surface area contributed by atoms with E-state index in [-0.39, 0.29) is 12.5 Å². The number of carbonyl (C=O) groups is 1. The van der Waals surface area contributed by atoms with E-state index in [0.717, 1.165) is 25.9 Å². The van der Waals surface area contributed by atoms with E-state index in [1.807, 2.05) is 11.9 Å². The predicted molar refractivity (Wildman–Crippen MR) is 56.5 cm³/mol. The van der Waals surface area contributed by atoms with Gasteiger partial charge in [0.05, 0.1) is 0 Å². The summed E-state index contributed by atoms with van der Waals surface area (Å²) in [5, 5.41) is 13.9. The van der Waals surface area contributed by atoms with Crippen LogP contribution in [-0.4, -0.2) is 57.2 Å². The maximum absolute atomic E-state index is 11.9. The van der Waals surface area contributed by atoms with Gasteiger partial charge in [0.25, 0.3) is 0 Å². The van der Waals surface area contributed by atoms with Gasteiger partial charge >= 0.3 is 0 Å². The van der Waals surface area contributed by atoms with Crippen LogP contribution in [0.1, 0.15) is 12.8 Å². The SMILES string of the molecule is CNC1CCCN(C(=O)Cn2cnnn2)C1. The molecule has 0 saturated carbocycles. The molecule has 16 heavy (non-hydrogen) atoms. The number of likely N-dealkylation sites (N-methyl/N-ethyl adjacent to an activating group) is 1. The Labute approximate surface area is 93.8 Å². The van der Waals surface area contributed by atoms with Crippen LogP contribution in [0.2, 0.25) is 0 Å². The number of rotatable bonds is 3. The third-order valence-electron chi connectivity index (χ3n) is 2.87. The first-order valence-corrected chi connectivity index (χ1v) is 5.45. The first-order chi connectivity index (χ1) is 7.79. The van der Waals surface area contributed by atoms with Crippen molar-refractivity contribution in [1.82, 2.24) is 30.4 Å². The molecule has 1 aliphatic heterocycles. The summed E-state index contributed by atoms with van der Waals surface area (Å²) in [6.07, 6.45) is 3.63. The molecule has 7 heteroatoms. The molecule has 7 nitrogen and oxygen atoms in total. The molecule has 0 aromatic carbocycles. The van der Waals surface area contributed by atoms with Gasteiger partial charge in [0.2, 0.25) is 5.91 Å². The number of carbonyl (C=O) groups excluding carboxylic acids is 1. The average Bonchev–Trinajstić information content (AvgIpc) is 2.82. The Hall–Kier alpha value is -1.50. The molecule has 1 atom stereocenters. The van der Waals surface area contributed by atoms with Gasteiger partial charge < -0.3 is 10.2 Å². The summed E-state index contributed by atoms with van der Waals surface area (Å²) < 4.78 is 1.45. The second-order valence-electron chi connectivity index (χ2n) is 3.97. The van der Waals surface area contributed by atoms with E-state index in [0.29, 0.717) is 6.04 Å². The fourth-order valence-corrected chi connectivity index (χ4v) is 1.93. The van der Waals surface area contributed by atoms with Crippen molar-refractivity contribution in [2.75, 3.05) is 20.1 Å². The quantitative estimate of drug-likeness (QED) is 0.704. The van der Waals surface area contributed by atoms with Crippen LogP contribution in [0.25, 0.3) is 0 Å². The molecule has 1 unspecified atom stereocenters. The zero-order chi connectivity index (χ0) is 11.4. The van der Waals surface area contributed by atoms with Crippen molar-refractivity contribution in [3.63, 3.8) is 0 Å². The Balaban J connectivity index is 1.89. The number of tetrazole rings is 1. The second-order valence-corrected chi connectivity index (χ2v) is 3.97. The van der Waals surface area contributed by atoms with Crippen LogP contribution in [0.4, 0.5) is 0 Å². The van der Waals surface area contributed by atoms with Crippen molar-refractivity contribution in [3.05, 3.63) is 6.33 Å². The van der Waals surface area contributed by atoms with Crippen molar-refractivity contribution in [3.8, 4) is 0 Å². The van der Waals surface area contributed by atoms with Crippen molar-refractivity contribution in [1.29, 1.82) is 0 Å². The highest BCUT2D eigenvalue weighted by Gasteiger charge is 2.22.